The maximum Gasteiger partial charge on any atom is 0.445 e. The fraction of sp³-hybridized carbons (Fsp3) is 0.316. The molecule has 2 aliphatic heterocycles. The number of carbonyl (C=O) groups excluding carboxylic acids is 3. The number of aliphatic imine (C=N–C) groups is 1. The van der Waals surface area contributed by atoms with Gasteiger partial charge in [0.25, 0.3) is 5.84 Å². The fourth-order valence-electron chi connectivity index (χ4n) is 3.87. The highest BCUT2D eigenvalue weighted by Crippen LogP contribution is 2.40. The lowest BCUT2D eigenvalue weighted by Crippen LogP contribution is -2.53. The van der Waals surface area contributed by atoms with Crippen molar-refractivity contribution < 1.29 is 23.3 Å². The first-order valence-corrected chi connectivity index (χ1v) is 8.36. The molecule has 1 aliphatic carbocycles. The SMILES string of the molecule is CN1C(=O)C2C3=C(C=NC2=[N+](C)C1=O)C(=O)CC(c1ccc(F)cc1)C3. The molecule has 132 valence electrons. The van der Waals surface area contributed by atoms with Crippen molar-refractivity contribution in [3.63, 3.8) is 0 Å². The number of hydrogen-bond donors (Lipinski definition) is 0. The van der Waals surface area contributed by atoms with Gasteiger partial charge in [-0.05, 0) is 35.6 Å². The van der Waals surface area contributed by atoms with Crippen LogP contribution in [0.1, 0.15) is 24.3 Å². The Morgan fingerprint density at radius 1 is 1.15 bits per heavy atom. The third kappa shape index (κ3) is 2.34. The monoisotopic (exact) mass is 354 g/mol. The topological polar surface area (TPSA) is 69.8 Å². The zero-order valence-corrected chi connectivity index (χ0v) is 14.4. The summed E-state index contributed by atoms with van der Waals surface area (Å²) in [7, 11) is 3.00. The molecule has 26 heavy (non-hydrogen) atoms. The van der Waals surface area contributed by atoms with Crippen molar-refractivity contribution >= 4 is 29.8 Å². The van der Waals surface area contributed by atoms with E-state index < -0.39 is 11.9 Å². The van der Waals surface area contributed by atoms with E-state index in [0.717, 1.165) is 10.5 Å². The normalized spacial score (nSPS) is 25.7. The molecule has 0 saturated heterocycles. The lowest BCUT2D eigenvalue weighted by atomic mass is 9.73. The largest absolute Gasteiger partial charge is 0.445 e. The molecule has 0 spiro atoms. The summed E-state index contributed by atoms with van der Waals surface area (Å²) in [6.07, 6.45) is 2.25. The molecule has 3 aliphatic rings. The third-order valence-electron chi connectivity index (χ3n) is 5.31. The van der Waals surface area contributed by atoms with Crippen molar-refractivity contribution in [1.82, 2.24) is 4.90 Å². The van der Waals surface area contributed by atoms with Crippen LogP contribution in [0.2, 0.25) is 0 Å². The van der Waals surface area contributed by atoms with E-state index in [2.05, 4.69) is 4.99 Å². The molecule has 2 unspecified atom stereocenters. The van der Waals surface area contributed by atoms with E-state index in [1.807, 2.05) is 0 Å². The highest BCUT2D eigenvalue weighted by Gasteiger charge is 2.50. The number of imide groups is 1. The minimum atomic E-state index is -0.727. The van der Waals surface area contributed by atoms with Crippen molar-refractivity contribution in [3.05, 3.63) is 46.8 Å². The van der Waals surface area contributed by atoms with E-state index in [-0.39, 0.29) is 29.8 Å². The zero-order chi connectivity index (χ0) is 18.6. The van der Waals surface area contributed by atoms with E-state index in [4.69, 9.17) is 0 Å². The van der Waals surface area contributed by atoms with Gasteiger partial charge in [-0.15, -0.1) is 4.99 Å². The number of Topliss-reactive ketones (excluding diaryl/α,β-unsaturated/α-hetero) is 1. The highest BCUT2D eigenvalue weighted by atomic mass is 19.1. The second-order valence-corrected chi connectivity index (χ2v) is 6.81. The van der Waals surface area contributed by atoms with Gasteiger partial charge in [0, 0.05) is 6.42 Å². The van der Waals surface area contributed by atoms with E-state index in [1.54, 1.807) is 19.2 Å². The number of ketones is 1. The van der Waals surface area contributed by atoms with Gasteiger partial charge in [-0.2, -0.15) is 9.48 Å². The van der Waals surface area contributed by atoms with Crippen molar-refractivity contribution in [3.8, 4) is 0 Å². The molecule has 2 atom stereocenters. The van der Waals surface area contributed by atoms with E-state index in [0.29, 0.717) is 23.4 Å². The Balaban J connectivity index is 1.78. The summed E-state index contributed by atoms with van der Waals surface area (Å²) in [5, 5.41) is 0. The van der Waals surface area contributed by atoms with Crippen molar-refractivity contribution in [2.75, 3.05) is 14.1 Å². The van der Waals surface area contributed by atoms with Gasteiger partial charge in [0.2, 0.25) is 0 Å². The first-order chi connectivity index (χ1) is 12.4. The molecule has 0 N–H and O–H groups in total. The third-order valence-corrected chi connectivity index (χ3v) is 5.31. The predicted molar refractivity (Wildman–Crippen MR) is 91.7 cm³/mol. The van der Waals surface area contributed by atoms with Crippen LogP contribution in [0.4, 0.5) is 9.18 Å². The van der Waals surface area contributed by atoms with Crippen molar-refractivity contribution in [2.24, 2.45) is 10.9 Å². The van der Waals surface area contributed by atoms with Gasteiger partial charge in [0.15, 0.2) is 11.7 Å². The minimum absolute atomic E-state index is 0.0848. The van der Waals surface area contributed by atoms with Crippen molar-refractivity contribution in [2.45, 2.75) is 18.8 Å². The van der Waals surface area contributed by atoms with Crippen LogP contribution in [0.15, 0.2) is 40.4 Å². The highest BCUT2D eigenvalue weighted by molar-refractivity contribution is 6.24. The van der Waals surface area contributed by atoms with E-state index in [1.165, 1.54) is 30.0 Å². The van der Waals surface area contributed by atoms with Gasteiger partial charge in [-0.1, -0.05) is 12.1 Å². The van der Waals surface area contributed by atoms with Crippen LogP contribution in [0, 0.1) is 11.7 Å². The number of halogens is 1. The van der Waals surface area contributed by atoms with E-state index in [9.17, 15) is 18.8 Å². The quantitative estimate of drug-likeness (QED) is 0.724. The number of hydrogen-bond acceptors (Lipinski definition) is 4. The summed E-state index contributed by atoms with van der Waals surface area (Å²) in [4.78, 5) is 42.8. The Kier molecular flexibility index (Phi) is 3.68. The Hall–Kier alpha value is -2.96. The lowest BCUT2D eigenvalue weighted by Gasteiger charge is -2.32. The van der Waals surface area contributed by atoms with E-state index >= 15 is 0 Å². The molecule has 7 heteroatoms. The van der Waals surface area contributed by atoms with Gasteiger partial charge in [0.1, 0.15) is 12.0 Å². The summed E-state index contributed by atoms with van der Waals surface area (Å²) >= 11 is 0. The Bertz CT molecular complexity index is 943. The van der Waals surface area contributed by atoms with Crippen LogP contribution in [0.3, 0.4) is 0 Å². The van der Waals surface area contributed by atoms with Crippen LogP contribution in [-0.2, 0) is 9.59 Å². The molecule has 0 radical (unpaired) electrons. The molecule has 3 amide bonds. The fourth-order valence-corrected chi connectivity index (χ4v) is 3.87. The number of amidine groups is 1. The smallest absolute Gasteiger partial charge is 0.294 e. The average Bonchev–Trinajstić information content (AvgIpc) is 2.64. The van der Waals surface area contributed by atoms with Crippen LogP contribution in [-0.4, -0.2) is 53.3 Å². The molecular weight excluding hydrogens is 337 g/mol. The standard InChI is InChI=1S/C19H17FN3O3/c1-22-17-16(18(25)23(2)19(22)26)13-7-11(8-15(24)14(13)9-21-17)10-3-5-12(20)6-4-10/h3-6,9,11,16H,7-8H2,1-2H3/q+1. The number of fused-ring (bicyclic) bond motifs is 2. The summed E-state index contributed by atoms with van der Waals surface area (Å²) in [6, 6.07) is 5.64. The average molecular weight is 354 g/mol. The molecule has 4 rings (SSSR count). The predicted octanol–water partition coefficient (Wildman–Crippen LogP) is 1.90. The van der Waals surface area contributed by atoms with Crippen LogP contribution in [0.5, 0.6) is 0 Å². The zero-order valence-electron chi connectivity index (χ0n) is 14.4. The van der Waals surface area contributed by atoms with Crippen LogP contribution >= 0.6 is 0 Å². The summed E-state index contributed by atoms with van der Waals surface area (Å²) in [5.74, 6) is -1.30. The summed E-state index contributed by atoms with van der Waals surface area (Å²) in [5.41, 5.74) is 2.01. The number of urea groups is 1. The second kappa shape index (κ2) is 5.79. The van der Waals surface area contributed by atoms with Gasteiger partial charge < -0.3 is 0 Å². The van der Waals surface area contributed by atoms with Crippen LogP contribution in [0.25, 0.3) is 0 Å². The Morgan fingerprint density at radius 3 is 2.54 bits per heavy atom. The van der Waals surface area contributed by atoms with Crippen LogP contribution < -0.4 is 0 Å². The number of rotatable bonds is 1. The number of carbonyl (C=O) groups is 3. The Labute approximate surface area is 149 Å². The number of benzene rings is 1. The van der Waals surface area contributed by atoms with Gasteiger partial charge >= 0.3 is 11.9 Å². The molecule has 1 aromatic rings. The maximum absolute atomic E-state index is 13.2. The Morgan fingerprint density at radius 2 is 1.85 bits per heavy atom. The molecule has 0 aromatic heterocycles. The summed E-state index contributed by atoms with van der Waals surface area (Å²) < 4.78 is 14.6. The number of allylic oxidation sites excluding steroid dienone is 1. The van der Waals surface area contributed by atoms with Gasteiger partial charge in [-0.25, -0.2) is 9.18 Å². The molecule has 2 heterocycles. The number of nitrogens with zero attached hydrogens (tertiary/aromatic N) is 3. The van der Waals surface area contributed by atoms with Gasteiger partial charge in [-0.3, -0.25) is 9.59 Å². The first kappa shape index (κ1) is 16.5. The number of amides is 3. The summed E-state index contributed by atoms with van der Waals surface area (Å²) in [6.45, 7) is 0. The maximum atomic E-state index is 13.2. The molecular formula is C19H17FN3O3+. The molecule has 0 fully saturated rings. The molecule has 6 nitrogen and oxygen atoms in total. The van der Waals surface area contributed by atoms with Gasteiger partial charge in [0.05, 0.1) is 19.7 Å². The minimum Gasteiger partial charge on any atom is -0.294 e. The van der Waals surface area contributed by atoms with Crippen molar-refractivity contribution in [1.29, 1.82) is 0 Å². The molecule has 0 bridgehead atoms. The molecule has 0 saturated carbocycles. The number of dihydropyridines is 1. The molecule has 1 aromatic carbocycles. The first-order valence-electron chi connectivity index (χ1n) is 8.36. The lowest BCUT2D eigenvalue weighted by molar-refractivity contribution is -0.407. The second-order valence-electron chi connectivity index (χ2n) is 6.81.